The summed E-state index contributed by atoms with van der Waals surface area (Å²) in [5.41, 5.74) is 0. The van der Waals surface area contributed by atoms with Gasteiger partial charge in [0.25, 0.3) is 0 Å². The van der Waals surface area contributed by atoms with E-state index in [1.165, 1.54) is 0 Å². The van der Waals surface area contributed by atoms with Crippen LogP contribution in [0.5, 0.6) is 0 Å². The second kappa shape index (κ2) is 8.85. The van der Waals surface area contributed by atoms with Crippen molar-refractivity contribution in [2.24, 2.45) is 0 Å². The maximum absolute atomic E-state index is 5.38. The van der Waals surface area contributed by atoms with Crippen LogP contribution in [-0.4, -0.2) is 45.9 Å². The molecule has 0 aromatic rings. The Balaban J connectivity index is 3.36. The Bertz CT molecular complexity index is 114. The monoisotopic (exact) mass is 209 g/mol. The largest absolute Gasteiger partial charge is 0.332 e. The molecule has 1 atom stereocenters. The van der Waals surface area contributed by atoms with Crippen LogP contribution in [0.4, 0.5) is 0 Å². The molecular weight excluding hydrogens is 189 g/mol. The van der Waals surface area contributed by atoms with Gasteiger partial charge in [-0.2, -0.15) is 0 Å². The molecule has 80 valence electrons. The van der Waals surface area contributed by atoms with Crippen molar-refractivity contribution < 1.29 is 13.6 Å². The Morgan fingerprint density at radius 3 is 2.23 bits per heavy atom. The molecule has 4 nitrogen and oxygen atoms in total. The quantitative estimate of drug-likeness (QED) is 0.571. The van der Waals surface area contributed by atoms with Gasteiger partial charge in [0, 0.05) is 13.7 Å². The zero-order chi connectivity index (χ0) is 10.1. The summed E-state index contributed by atoms with van der Waals surface area (Å²) in [6, 6.07) is 0. The van der Waals surface area contributed by atoms with Crippen LogP contribution < -0.4 is 0 Å². The van der Waals surface area contributed by atoms with E-state index in [1.54, 1.807) is 7.11 Å². The minimum absolute atomic E-state index is 0.649. The van der Waals surface area contributed by atoms with Gasteiger partial charge in [-0.1, -0.05) is 6.92 Å². The molecule has 0 aromatic heterocycles. The Labute approximate surface area is 82.2 Å². The van der Waals surface area contributed by atoms with E-state index in [4.69, 9.17) is 13.6 Å². The van der Waals surface area contributed by atoms with Crippen molar-refractivity contribution in [3.63, 3.8) is 0 Å². The molecular formula is C8H20NO3P. The average molecular weight is 209 g/mol. The molecule has 0 aliphatic heterocycles. The van der Waals surface area contributed by atoms with Crippen molar-refractivity contribution >= 4 is 8.60 Å². The highest BCUT2D eigenvalue weighted by atomic mass is 31.2. The summed E-state index contributed by atoms with van der Waals surface area (Å²) in [6.07, 6.45) is 0.985. The van der Waals surface area contributed by atoms with Crippen LogP contribution in [0.25, 0.3) is 0 Å². The summed E-state index contributed by atoms with van der Waals surface area (Å²) in [6.45, 7) is 4.29. The van der Waals surface area contributed by atoms with Gasteiger partial charge in [-0.25, -0.2) is 0 Å². The van der Waals surface area contributed by atoms with E-state index in [-0.39, 0.29) is 0 Å². The number of nitrogens with zero attached hydrogens (tertiary/aromatic N) is 1. The van der Waals surface area contributed by atoms with Crippen LogP contribution in [0, 0.1) is 0 Å². The van der Waals surface area contributed by atoms with E-state index < -0.39 is 8.60 Å². The van der Waals surface area contributed by atoms with Crippen molar-refractivity contribution in [1.29, 1.82) is 0 Å². The lowest BCUT2D eigenvalue weighted by atomic mass is 10.5. The topological polar surface area (TPSA) is 30.9 Å². The highest BCUT2D eigenvalue weighted by molar-refractivity contribution is 7.41. The molecule has 0 spiro atoms. The molecule has 0 fully saturated rings. The maximum Gasteiger partial charge on any atom is 0.332 e. The normalized spacial score (nSPS) is 13.6. The van der Waals surface area contributed by atoms with Gasteiger partial charge in [0.2, 0.25) is 0 Å². The van der Waals surface area contributed by atoms with E-state index in [0.717, 1.165) is 13.0 Å². The number of likely N-dealkylation sites (N-methyl/N-ethyl adjacent to an activating group) is 1. The lowest BCUT2D eigenvalue weighted by Gasteiger charge is -2.15. The molecule has 0 heterocycles. The lowest BCUT2D eigenvalue weighted by Crippen LogP contribution is -2.17. The summed E-state index contributed by atoms with van der Waals surface area (Å²) in [4.78, 5) is 2.06. The van der Waals surface area contributed by atoms with E-state index in [9.17, 15) is 0 Å². The summed E-state index contributed by atoms with van der Waals surface area (Å²) in [5, 5.41) is 0. The van der Waals surface area contributed by atoms with Crippen LogP contribution in [-0.2, 0) is 13.6 Å². The average Bonchev–Trinajstić information content (AvgIpc) is 2.10. The minimum Gasteiger partial charge on any atom is -0.316 e. The van der Waals surface area contributed by atoms with Gasteiger partial charge in [0.1, 0.15) is 0 Å². The second-order valence-corrected chi connectivity index (χ2v) is 4.20. The van der Waals surface area contributed by atoms with Gasteiger partial charge in [-0.05, 0) is 20.5 Å². The van der Waals surface area contributed by atoms with Crippen LogP contribution in [0.1, 0.15) is 13.3 Å². The zero-order valence-electron chi connectivity index (χ0n) is 8.95. The fourth-order valence-electron chi connectivity index (χ4n) is 0.606. The molecule has 0 aliphatic carbocycles. The first-order chi connectivity index (χ1) is 6.20. The van der Waals surface area contributed by atoms with Gasteiger partial charge < -0.3 is 18.5 Å². The Morgan fingerprint density at radius 2 is 1.77 bits per heavy atom. The number of rotatable bonds is 8. The van der Waals surface area contributed by atoms with Crippen molar-refractivity contribution in [3.05, 3.63) is 0 Å². The maximum atomic E-state index is 5.38. The van der Waals surface area contributed by atoms with E-state index in [0.29, 0.717) is 13.2 Å². The molecule has 0 rings (SSSR count). The fourth-order valence-corrected chi connectivity index (χ4v) is 1.45. The molecule has 1 unspecified atom stereocenters. The SMILES string of the molecule is CCCOP(OC)OCCN(C)C. The van der Waals surface area contributed by atoms with Gasteiger partial charge in [0.05, 0.1) is 13.2 Å². The van der Waals surface area contributed by atoms with Crippen molar-refractivity contribution in [2.75, 3.05) is 41.0 Å². The third kappa shape index (κ3) is 8.60. The summed E-state index contributed by atoms with van der Waals surface area (Å²) < 4.78 is 15.7. The summed E-state index contributed by atoms with van der Waals surface area (Å²) >= 11 is 0. The van der Waals surface area contributed by atoms with E-state index >= 15 is 0 Å². The highest BCUT2D eigenvalue weighted by Gasteiger charge is 2.08. The molecule has 0 N–H and O–H groups in total. The first kappa shape index (κ1) is 13.3. The first-order valence-electron chi connectivity index (χ1n) is 4.45. The predicted octanol–water partition coefficient (Wildman–Crippen LogP) is 1.86. The lowest BCUT2D eigenvalue weighted by molar-refractivity contribution is 0.169. The molecule has 0 aliphatic rings. The van der Waals surface area contributed by atoms with Gasteiger partial charge in [0.15, 0.2) is 0 Å². The third-order valence-corrected chi connectivity index (χ3v) is 2.37. The second-order valence-electron chi connectivity index (χ2n) is 2.88. The van der Waals surface area contributed by atoms with Crippen LogP contribution in [0.3, 0.4) is 0 Å². The molecule has 0 saturated heterocycles. The van der Waals surface area contributed by atoms with Crippen molar-refractivity contribution in [1.82, 2.24) is 4.90 Å². The molecule has 0 amide bonds. The van der Waals surface area contributed by atoms with Gasteiger partial charge in [-0.15, -0.1) is 0 Å². The van der Waals surface area contributed by atoms with E-state index in [2.05, 4.69) is 11.8 Å². The smallest absolute Gasteiger partial charge is 0.316 e. The van der Waals surface area contributed by atoms with E-state index in [1.807, 2.05) is 14.1 Å². The third-order valence-electron chi connectivity index (χ3n) is 1.29. The molecule has 5 heteroatoms. The fraction of sp³-hybridized carbons (Fsp3) is 1.00. The minimum atomic E-state index is -1.12. The Morgan fingerprint density at radius 1 is 1.15 bits per heavy atom. The standard InChI is InChI=1S/C8H20NO3P/c1-5-7-11-13(10-4)12-8-6-9(2)3/h5-8H2,1-4H3. The van der Waals surface area contributed by atoms with Crippen LogP contribution in [0.2, 0.25) is 0 Å². The highest BCUT2D eigenvalue weighted by Crippen LogP contribution is 2.38. The summed E-state index contributed by atoms with van der Waals surface area (Å²) in [7, 11) is 4.50. The number of hydrogen-bond donors (Lipinski definition) is 0. The Kier molecular flexibility index (Phi) is 9.03. The first-order valence-corrected chi connectivity index (χ1v) is 5.55. The molecule has 0 bridgehead atoms. The zero-order valence-corrected chi connectivity index (χ0v) is 9.84. The molecule has 13 heavy (non-hydrogen) atoms. The Hall–Kier alpha value is 0.270. The van der Waals surface area contributed by atoms with Gasteiger partial charge >= 0.3 is 8.60 Å². The van der Waals surface area contributed by atoms with Crippen molar-refractivity contribution in [2.45, 2.75) is 13.3 Å². The van der Waals surface area contributed by atoms with Crippen molar-refractivity contribution in [3.8, 4) is 0 Å². The molecule has 0 aromatic carbocycles. The number of hydrogen-bond acceptors (Lipinski definition) is 4. The predicted molar refractivity (Wildman–Crippen MR) is 54.7 cm³/mol. The van der Waals surface area contributed by atoms with Crippen LogP contribution in [0.15, 0.2) is 0 Å². The summed E-state index contributed by atoms with van der Waals surface area (Å²) in [5.74, 6) is 0. The van der Waals surface area contributed by atoms with Gasteiger partial charge in [-0.3, -0.25) is 0 Å². The molecule has 0 radical (unpaired) electrons. The van der Waals surface area contributed by atoms with Crippen LogP contribution >= 0.6 is 8.60 Å². The molecule has 0 saturated carbocycles.